The number of Topliss-reactive ketones (excluding diaryl/α,β-unsaturated/α-hetero) is 1. The number of aliphatic hydroxyl groups is 1. The Balaban J connectivity index is 1.74. The maximum absolute atomic E-state index is 13.1. The molecule has 0 fully saturated rings. The van der Waals surface area contributed by atoms with Gasteiger partial charge in [0.2, 0.25) is 5.78 Å². The number of hydrogen-bond acceptors (Lipinski definition) is 7. The number of rotatable bonds is 7. The molecule has 32 heavy (non-hydrogen) atoms. The summed E-state index contributed by atoms with van der Waals surface area (Å²) in [5.74, 6) is -2.47. The molecule has 3 aromatic rings. The zero-order valence-corrected chi connectivity index (χ0v) is 17.2. The number of aliphatic hydroxyl groups excluding tert-OH is 1. The standard InChI is InChI=1S/C24H20N2O6/c1-2-12-32-24(30)15-7-9-17(10-8-15)26-20(16-5-3-11-25-14-16)19(22(28)23(26)29)21(27)18-6-4-13-31-18/h3-11,13-14,20,28H,2,12H2,1H3. The molecular weight excluding hydrogens is 412 g/mol. The van der Waals surface area contributed by atoms with Gasteiger partial charge >= 0.3 is 5.97 Å². The number of aromatic nitrogens is 1. The number of anilines is 1. The van der Waals surface area contributed by atoms with Crippen LogP contribution in [0.15, 0.2) is 82.9 Å². The monoisotopic (exact) mass is 432 g/mol. The first kappa shape index (κ1) is 21.0. The minimum Gasteiger partial charge on any atom is -0.503 e. The zero-order valence-electron chi connectivity index (χ0n) is 17.2. The number of carbonyl (C=O) groups is 3. The Morgan fingerprint density at radius 2 is 1.94 bits per heavy atom. The van der Waals surface area contributed by atoms with Gasteiger partial charge in [-0.3, -0.25) is 19.5 Å². The van der Waals surface area contributed by atoms with Crippen LogP contribution >= 0.6 is 0 Å². The third-order valence-electron chi connectivity index (χ3n) is 5.02. The van der Waals surface area contributed by atoms with Gasteiger partial charge in [-0.1, -0.05) is 13.0 Å². The molecule has 8 heteroatoms. The summed E-state index contributed by atoms with van der Waals surface area (Å²) in [6.45, 7) is 2.21. The van der Waals surface area contributed by atoms with E-state index >= 15 is 0 Å². The molecule has 1 amide bonds. The fourth-order valence-corrected chi connectivity index (χ4v) is 3.53. The van der Waals surface area contributed by atoms with Gasteiger partial charge in [0, 0.05) is 18.1 Å². The third kappa shape index (κ3) is 3.78. The molecule has 0 saturated carbocycles. The van der Waals surface area contributed by atoms with Crippen molar-refractivity contribution in [2.75, 3.05) is 11.5 Å². The van der Waals surface area contributed by atoms with E-state index in [1.165, 1.54) is 35.6 Å². The fourth-order valence-electron chi connectivity index (χ4n) is 3.53. The van der Waals surface area contributed by atoms with E-state index in [1.807, 2.05) is 6.92 Å². The number of hydrogen-bond donors (Lipinski definition) is 1. The number of benzene rings is 1. The topological polar surface area (TPSA) is 110 Å². The van der Waals surface area contributed by atoms with E-state index in [-0.39, 0.29) is 11.3 Å². The number of carbonyl (C=O) groups excluding carboxylic acids is 3. The highest BCUT2D eigenvalue weighted by Gasteiger charge is 2.45. The van der Waals surface area contributed by atoms with E-state index < -0.39 is 29.5 Å². The first-order valence-corrected chi connectivity index (χ1v) is 10.0. The Bertz CT molecular complexity index is 1170. The molecule has 8 nitrogen and oxygen atoms in total. The van der Waals surface area contributed by atoms with Crippen LogP contribution in [0, 0.1) is 0 Å². The SMILES string of the molecule is CCCOC(=O)c1ccc(N2C(=O)C(O)=C(C(=O)c3ccco3)C2c2cccnc2)cc1. The van der Waals surface area contributed by atoms with Crippen LogP contribution in [0.1, 0.15) is 45.9 Å². The van der Waals surface area contributed by atoms with Gasteiger partial charge in [0.15, 0.2) is 11.5 Å². The summed E-state index contributed by atoms with van der Waals surface area (Å²) >= 11 is 0. The van der Waals surface area contributed by atoms with E-state index in [0.717, 1.165) is 0 Å². The molecule has 1 atom stereocenters. The Labute approximate surface area is 183 Å². The second-order valence-electron chi connectivity index (χ2n) is 7.12. The minimum absolute atomic E-state index is 0.00380. The van der Waals surface area contributed by atoms with E-state index in [2.05, 4.69) is 4.98 Å². The molecule has 1 aliphatic heterocycles. The predicted octanol–water partition coefficient (Wildman–Crippen LogP) is 4.02. The van der Waals surface area contributed by atoms with Gasteiger partial charge in [0.05, 0.1) is 30.0 Å². The average molecular weight is 432 g/mol. The molecule has 0 saturated heterocycles. The highest BCUT2D eigenvalue weighted by Crippen LogP contribution is 2.41. The second kappa shape index (κ2) is 8.89. The van der Waals surface area contributed by atoms with Crippen LogP contribution in [-0.2, 0) is 9.53 Å². The van der Waals surface area contributed by atoms with Crippen molar-refractivity contribution in [2.24, 2.45) is 0 Å². The van der Waals surface area contributed by atoms with Crippen LogP contribution in [0.25, 0.3) is 0 Å². The third-order valence-corrected chi connectivity index (χ3v) is 5.02. The van der Waals surface area contributed by atoms with Crippen molar-refractivity contribution in [1.29, 1.82) is 0 Å². The van der Waals surface area contributed by atoms with E-state index in [9.17, 15) is 19.5 Å². The summed E-state index contributed by atoms with van der Waals surface area (Å²) in [5, 5.41) is 10.7. The second-order valence-corrected chi connectivity index (χ2v) is 7.12. The maximum atomic E-state index is 13.1. The average Bonchev–Trinajstić information content (AvgIpc) is 3.45. The Kier molecular flexibility index (Phi) is 5.85. The summed E-state index contributed by atoms with van der Waals surface area (Å²) in [5.41, 5.74) is 1.15. The van der Waals surface area contributed by atoms with Crippen molar-refractivity contribution in [2.45, 2.75) is 19.4 Å². The molecule has 2 aromatic heterocycles. The normalized spacial score (nSPS) is 15.8. The summed E-state index contributed by atoms with van der Waals surface area (Å²) in [4.78, 5) is 43.6. The fraction of sp³-hybridized carbons (Fsp3) is 0.167. The lowest BCUT2D eigenvalue weighted by Crippen LogP contribution is -2.31. The van der Waals surface area contributed by atoms with Crippen molar-refractivity contribution >= 4 is 23.3 Å². The maximum Gasteiger partial charge on any atom is 0.338 e. The zero-order chi connectivity index (χ0) is 22.7. The molecule has 1 aliphatic rings. The Morgan fingerprint density at radius 1 is 1.16 bits per heavy atom. The number of esters is 1. The predicted molar refractivity (Wildman–Crippen MR) is 114 cm³/mol. The number of ether oxygens (including phenoxy) is 1. The van der Waals surface area contributed by atoms with Gasteiger partial charge in [-0.25, -0.2) is 4.79 Å². The van der Waals surface area contributed by atoms with Crippen LogP contribution in [0.4, 0.5) is 5.69 Å². The summed E-state index contributed by atoms with van der Waals surface area (Å²) in [6.07, 6.45) is 5.14. The number of ketones is 1. The van der Waals surface area contributed by atoms with Gasteiger partial charge in [-0.15, -0.1) is 0 Å². The van der Waals surface area contributed by atoms with Crippen LogP contribution < -0.4 is 4.90 Å². The minimum atomic E-state index is -0.924. The first-order valence-electron chi connectivity index (χ1n) is 10.0. The highest BCUT2D eigenvalue weighted by atomic mass is 16.5. The smallest absolute Gasteiger partial charge is 0.338 e. The molecule has 3 heterocycles. The quantitative estimate of drug-likeness (QED) is 0.443. The molecule has 162 valence electrons. The number of amides is 1. The van der Waals surface area contributed by atoms with Crippen molar-refractivity contribution in [3.63, 3.8) is 0 Å². The van der Waals surface area contributed by atoms with Crippen LogP contribution in [0.3, 0.4) is 0 Å². The first-order chi connectivity index (χ1) is 15.5. The van der Waals surface area contributed by atoms with E-state index in [4.69, 9.17) is 9.15 Å². The molecule has 0 spiro atoms. The summed E-state index contributed by atoms with van der Waals surface area (Å²) in [6, 6.07) is 11.7. The van der Waals surface area contributed by atoms with E-state index in [1.54, 1.807) is 36.5 Å². The van der Waals surface area contributed by atoms with Gasteiger partial charge in [0.25, 0.3) is 5.91 Å². The Morgan fingerprint density at radius 3 is 2.56 bits per heavy atom. The molecule has 1 N–H and O–H groups in total. The van der Waals surface area contributed by atoms with E-state index in [0.29, 0.717) is 29.8 Å². The molecule has 0 bridgehead atoms. The van der Waals surface area contributed by atoms with Gasteiger partial charge in [0.1, 0.15) is 0 Å². The van der Waals surface area contributed by atoms with Gasteiger partial charge in [-0.2, -0.15) is 0 Å². The number of nitrogens with zero attached hydrogens (tertiary/aromatic N) is 2. The molecule has 0 radical (unpaired) electrons. The lowest BCUT2D eigenvalue weighted by molar-refractivity contribution is -0.117. The van der Waals surface area contributed by atoms with Gasteiger partial charge in [-0.05, 0) is 54.4 Å². The van der Waals surface area contributed by atoms with Crippen LogP contribution in [0.2, 0.25) is 0 Å². The lowest BCUT2D eigenvalue weighted by atomic mass is 9.96. The van der Waals surface area contributed by atoms with Crippen molar-refractivity contribution in [1.82, 2.24) is 4.98 Å². The van der Waals surface area contributed by atoms with Crippen molar-refractivity contribution < 1.29 is 28.6 Å². The molecule has 0 aliphatic carbocycles. The highest BCUT2D eigenvalue weighted by molar-refractivity contribution is 6.20. The number of furan rings is 1. The number of pyridine rings is 1. The summed E-state index contributed by atoms with van der Waals surface area (Å²) in [7, 11) is 0. The van der Waals surface area contributed by atoms with Crippen molar-refractivity contribution in [3.8, 4) is 0 Å². The lowest BCUT2D eigenvalue weighted by Gasteiger charge is -2.26. The molecule has 1 unspecified atom stereocenters. The van der Waals surface area contributed by atoms with Crippen LogP contribution in [0.5, 0.6) is 0 Å². The van der Waals surface area contributed by atoms with Crippen LogP contribution in [-0.4, -0.2) is 34.4 Å². The summed E-state index contributed by atoms with van der Waals surface area (Å²) < 4.78 is 10.3. The Hall–Kier alpha value is -4.20. The van der Waals surface area contributed by atoms with Crippen molar-refractivity contribution in [3.05, 3.63) is 95.4 Å². The molecule has 1 aromatic carbocycles. The molecule has 4 rings (SSSR count). The molecular formula is C24H20N2O6. The van der Waals surface area contributed by atoms with Gasteiger partial charge < -0.3 is 14.3 Å². The largest absolute Gasteiger partial charge is 0.503 e.